The van der Waals surface area contributed by atoms with Gasteiger partial charge in [-0.2, -0.15) is 0 Å². The molecule has 0 aliphatic rings. The Kier molecular flexibility index (Phi) is 3.95. The van der Waals surface area contributed by atoms with Crippen molar-refractivity contribution in [1.29, 1.82) is 0 Å². The molecule has 100 valence electrons. The van der Waals surface area contributed by atoms with Crippen LogP contribution in [0, 0.1) is 13.8 Å². The fourth-order valence-electron chi connectivity index (χ4n) is 1.74. The van der Waals surface area contributed by atoms with E-state index in [0.717, 1.165) is 15.7 Å². The zero-order valence-corrected chi connectivity index (χ0v) is 12.2. The van der Waals surface area contributed by atoms with Crippen molar-refractivity contribution in [3.63, 3.8) is 0 Å². The summed E-state index contributed by atoms with van der Waals surface area (Å²) in [6.45, 7) is 4.19. The van der Waals surface area contributed by atoms with Crippen LogP contribution in [0.2, 0.25) is 0 Å². The molecule has 0 saturated carbocycles. The second-order valence-corrected chi connectivity index (χ2v) is 5.20. The number of nitrogens with one attached hydrogen (secondary N) is 1. The predicted octanol–water partition coefficient (Wildman–Crippen LogP) is 3.97. The van der Waals surface area contributed by atoms with Crippen molar-refractivity contribution in [3.05, 3.63) is 51.4 Å². The Hall–Kier alpha value is -1.75. The summed E-state index contributed by atoms with van der Waals surface area (Å²) in [5.74, 6) is -0.435. The molecule has 1 aromatic carbocycles. The van der Waals surface area contributed by atoms with Crippen molar-refractivity contribution in [3.8, 4) is 0 Å². The van der Waals surface area contributed by atoms with Crippen LogP contribution in [-0.2, 0) is 6.54 Å². The van der Waals surface area contributed by atoms with Crippen LogP contribution in [-0.4, -0.2) is 11.1 Å². The fraction of sp³-hybridized carbons (Fsp3) is 0.214. The average Bonchev–Trinajstić information content (AvgIpc) is 2.72. The Balaban J connectivity index is 2.08. The van der Waals surface area contributed by atoms with E-state index in [4.69, 9.17) is 9.52 Å². The molecule has 0 fully saturated rings. The lowest BCUT2D eigenvalue weighted by Gasteiger charge is -2.06. The first-order chi connectivity index (χ1) is 8.97. The second kappa shape index (κ2) is 5.48. The van der Waals surface area contributed by atoms with E-state index in [-0.39, 0.29) is 5.76 Å². The Morgan fingerprint density at radius 1 is 1.32 bits per heavy atom. The molecule has 0 spiro atoms. The first kappa shape index (κ1) is 13.7. The van der Waals surface area contributed by atoms with Gasteiger partial charge in [0.2, 0.25) is 5.76 Å². The van der Waals surface area contributed by atoms with Gasteiger partial charge in [-0.15, -0.1) is 0 Å². The van der Waals surface area contributed by atoms with Crippen LogP contribution < -0.4 is 5.32 Å². The van der Waals surface area contributed by atoms with E-state index in [0.29, 0.717) is 17.9 Å². The van der Waals surface area contributed by atoms with E-state index in [1.165, 1.54) is 0 Å². The first-order valence-corrected chi connectivity index (χ1v) is 6.59. The van der Waals surface area contributed by atoms with E-state index < -0.39 is 5.97 Å². The van der Waals surface area contributed by atoms with Crippen LogP contribution in [0.3, 0.4) is 0 Å². The SMILES string of the molecule is Cc1ccc(NCc2cc(C)c(C(=O)O)o2)cc1Br. The zero-order chi connectivity index (χ0) is 14.0. The molecule has 0 amide bonds. The monoisotopic (exact) mass is 323 g/mol. The highest BCUT2D eigenvalue weighted by atomic mass is 79.9. The largest absolute Gasteiger partial charge is 0.475 e. The molecular formula is C14H14BrNO3. The summed E-state index contributed by atoms with van der Waals surface area (Å²) in [6.07, 6.45) is 0. The normalized spacial score (nSPS) is 10.5. The Bertz CT molecular complexity index is 619. The molecule has 2 aromatic rings. The number of aryl methyl sites for hydroxylation is 2. The Labute approximate surface area is 119 Å². The van der Waals surface area contributed by atoms with Gasteiger partial charge in [-0.1, -0.05) is 22.0 Å². The number of carboxylic acids is 1. The Morgan fingerprint density at radius 2 is 2.05 bits per heavy atom. The van der Waals surface area contributed by atoms with Gasteiger partial charge in [0.25, 0.3) is 0 Å². The van der Waals surface area contributed by atoms with Crippen LogP contribution in [0.4, 0.5) is 5.69 Å². The molecule has 1 aromatic heterocycles. The number of rotatable bonds is 4. The zero-order valence-electron chi connectivity index (χ0n) is 10.7. The van der Waals surface area contributed by atoms with Gasteiger partial charge in [0.15, 0.2) is 0 Å². The predicted molar refractivity (Wildman–Crippen MR) is 76.6 cm³/mol. The van der Waals surface area contributed by atoms with Crippen molar-refractivity contribution < 1.29 is 14.3 Å². The molecule has 0 bridgehead atoms. The summed E-state index contributed by atoms with van der Waals surface area (Å²) in [5.41, 5.74) is 2.74. The molecule has 5 heteroatoms. The van der Waals surface area contributed by atoms with E-state index in [2.05, 4.69) is 21.2 Å². The lowest BCUT2D eigenvalue weighted by atomic mass is 10.2. The average molecular weight is 324 g/mol. The minimum absolute atomic E-state index is 0.00175. The standard InChI is InChI=1S/C14H14BrNO3/c1-8-3-4-10(6-12(8)15)16-7-11-5-9(2)13(19-11)14(17)18/h3-6,16H,7H2,1-2H3,(H,17,18). The van der Waals surface area contributed by atoms with Gasteiger partial charge in [-0.05, 0) is 37.6 Å². The highest BCUT2D eigenvalue weighted by Crippen LogP contribution is 2.22. The number of benzene rings is 1. The van der Waals surface area contributed by atoms with Crippen molar-refractivity contribution >= 4 is 27.6 Å². The number of carbonyl (C=O) groups is 1. The van der Waals surface area contributed by atoms with Gasteiger partial charge in [0.1, 0.15) is 5.76 Å². The topological polar surface area (TPSA) is 62.5 Å². The molecule has 2 N–H and O–H groups in total. The van der Waals surface area contributed by atoms with Gasteiger partial charge in [-0.3, -0.25) is 0 Å². The van der Waals surface area contributed by atoms with Crippen LogP contribution in [0.15, 0.2) is 33.2 Å². The molecule has 4 nitrogen and oxygen atoms in total. The van der Waals surface area contributed by atoms with Gasteiger partial charge in [0, 0.05) is 15.7 Å². The van der Waals surface area contributed by atoms with Crippen molar-refractivity contribution in [2.24, 2.45) is 0 Å². The van der Waals surface area contributed by atoms with Gasteiger partial charge in [0.05, 0.1) is 6.54 Å². The van der Waals surface area contributed by atoms with Crippen LogP contribution in [0.5, 0.6) is 0 Å². The van der Waals surface area contributed by atoms with Gasteiger partial charge in [-0.25, -0.2) is 4.79 Å². The summed E-state index contributed by atoms with van der Waals surface area (Å²) < 4.78 is 6.30. The third kappa shape index (κ3) is 3.17. The minimum Gasteiger partial charge on any atom is -0.475 e. The van der Waals surface area contributed by atoms with Crippen molar-refractivity contribution in [2.45, 2.75) is 20.4 Å². The maximum atomic E-state index is 10.9. The summed E-state index contributed by atoms with van der Waals surface area (Å²) >= 11 is 3.47. The van der Waals surface area contributed by atoms with Gasteiger partial charge >= 0.3 is 5.97 Å². The molecule has 0 saturated heterocycles. The summed E-state index contributed by atoms with van der Waals surface area (Å²) in [6, 6.07) is 7.68. The van der Waals surface area contributed by atoms with Crippen molar-refractivity contribution in [1.82, 2.24) is 0 Å². The summed E-state index contributed by atoms with van der Waals surface area (Å²) in [5, 5.41) is 12.1. The molecule has 2 rings (SSSR count). The maximum absolute atomic E-state index is 10.9. The molecule has 0 aliphatic heterocycles. The first-order valence-electron chi connectivity index (χ1n) is 5.80. The molecular weight excluding hydrogens is 310 g/mol. The summed E-state index contributed by atoms with van der Waals surface area (Å²) in [7, 11) is 0. The molecule has 0 unspecified atom stereocenters. The lowest BCUT2D eigenvalue weighted by Crippen LogP contribution is -1.98. The van der Waals surface area contributed by atoms with E-state index in [1.807, 2.05) is 25.1 Å². The Morgan fingerprint density at radius 3 is 2.63 bits per heavy atom. The number of hydrogen-bond acceptors (Lipinski definition) is 3. The van der Waals surface area contributed by atoms with Gasteiger partial charge < -0.3 is 14.8 Å². The van der Waals surface area contributed by atoms with Crippen LogP contribution in [0.25, 0.3) is 0 Å². The third-order valence-electron chi connectivity index (χ3n) is 2.80. The molecule has 19 heavy (non-hydrogen) atoms. The van der Waals surface area contributed by atoms with E-state index in [1.54, 1.807) is 13.0 Å². The second-order valence-electron chi connectivity index (χ2n) is 4.35. The molecule has 0 aliphatic carbocycles. The molecule has 0 radical (unpaired) electrons. The van der Waals surface area contributed by atoms with Crippen molar-refractivity contribution in [2.75, 3.05) is 5.32 Å². The smallest absolute Gasteiger partial charge is 0.372 e. The quantitative estimate of drug-likeness (QED) is 0.893. The number of aromatic carboxylic acids is 1. The molecule has 1 heterocycles. The number of anilines is 1. The molecule has 0 atom stereocenters. The number of furan rings is 1. The highest BCUT2D eigenvalue weighted by molar-refractivity contribution is 9.10. The number of hydrogen-bond donors (Lipinski definition) is 2. The number of carboxylic acid groups (broad SMARTS) is 1. The summed E-state index contributed by atoms with van der Waals surface area (Å²) in [4.78, 5) is 10.9. The lowest BCUT2D eigenvalue weighted by molar-refractivity contribution is 0.0659. The fourth-order valence-corrected chi connectivity index (χ4v) is 2.12. The van der Waals surface area contributed by atoms with E-state index >= 15 is 0 Å². The minimum atomic E-state index is -1.04. The van der Waals surface area contributed by atoms with Crippen LogP contribution in [0.1, 0.15) is 27.4 Å². The highest BCUT2D eigenvalue weighted by Gasteiger charge is 2.13. The third-order valence-corrected chi connectivity index (χ3v) is 3.66. The van der Waals surface area contributed by atoms with E-state index in [9.17, 15) is 4.79 Å². The number of halogens is 1. The maximum Gasteiger partial charge on any atom is 0.372 e. The van der Waals surface area contributed by atoms with Crippen LogP contribution >= 0.6 is 15.9 Å².